The van der Waals surface area contributed by atoms with Crippen molar-refractivity contribution in [1.82, 2.24) is 4.98 Å². The average molecular weight is 427 g/mol. The summed E-state index contributed by atoms with van der Waals surface area (Å²) in [6.07, 6.45) is 4.11. The third kappa shape index (κ3) is 2.37. The van der Waals surface area contributed by atoms with E-state index in [-0.39, 0.29) is 5.91 Å². The zero-order valence-electron chi connectivity index (χ0n) is 14.1. The van der Waals surface area contributed by atoms with Crippen molar-refractivity contribution in [2.45, 2.75) is 31.7 Å². The first-order chi connectivity index (χ1) is 12.5. The van der Waals surface area contributed by atoms with E-state index in [2.05, 4.69) is 27.0 Å². The van der Waals surface area contributed by atoms with Crippen molar-refractivity contribution in [3.8, 4) is 6.07 Å². The number of aryl methyl sites for hydroxylation is 1. The van der Waals surface area contributed by atoms with Gasteiger partial charge in [-0.15, -0.1) is 0 Å². The molecule has 26 heavy (non-hydrogen) atoms. The highest BCUT2D eigenvalue weighted by molar-refractivity contribution is 9.10. The van der Waals surface area contributed by atoms with Crippen molar-refractivity contribution in [2.24, 2.45) is 0 Å². The molecule has 2 heterocycles. The molecule has 0 radical (unpaired) electrons. The molecule has 1 saturated heterocycles. The van der Waals surface area contributed by atoms with Crippen molar-refractivity contribution < 1.29 is 4.79 Å². The Bertz CT molecular complexity index is 962. The molecule has 1 aliphatic carbocycles. The SMILES string of the molecule is Cc1cc(N2C(=O)C3(CCC3)N(c3ccc(Br)cc3)C2=S)cnc1C#N. The second-order valence-electron chi connectivity index (χ2n) is 6.59. The van der Waals surface area contributed by atoms with Crippen LogP contribution in [0.5, 0.6) is 0 Å². The van der Waals surface area contributed by atoms with Crippen molar-refractivity contribution in [3.63, 3.8) is 0 Å². The van der Waals surface area contributed by atoms with Gasteiger partial charge in [0.05, 0.1) is 11.9 Å². The van der Waals surface area contributed by atoms with Crippen LogP contribution in [0.1, 0.15) is 30.5 Å². The molecule has 0 unspecified atom stereocenters. The Balaban J connectivity index is 1.80. The number of aromatic nitrogens is 1. The minimum absolute atomic E-state index is 0.0115. The van der Waals surface area contributed by atoms with E-state index in [9.17, 15) is 4.79 Å². The van der Waals surface area contributed by atoms with Crippen LogP contribution >= 0.6 is 28.1 Å². The molecular formula is C19H15BrN4OS. The van der Waals surface area contributed by atoms with Crippen LogP contribution in [0.25, 0.3) is 0 Å². The highest BCUT2D eigenvalue weighted by Gasteiger charge is 2.59. The van der Waals surface area contributed by atoms with Gasteiger partial charge >= 0.3 is 0 Å². The van der Waals surface area contributed by atoms with Gasteiger partial charge in [0.15, 0.2) is 5.11 Å². The van der Waals surface area contributed by atoms with Crippen LogP contribution in [0.15, 0.2) is 41.0 Å². The van der Waals surface area contributed by atoms with Crippen molar-refractivity contribution >= 4 is 50.5 Å². The molecule has 1 aromatic carbocycles. The molecule has 4 rings (SSSR count). The summed E-state index contributed by atoms with van der Waals surface area (Å²) < 4.78 is 0.976. The van der Waals surface area contributed by atoms with Gasteiger partial charge in [-0.25, -0.2) is 4.98 Å². The number of pyridine rings is 1. The standard InChI is InChI=1S/C19H15BrN4OS/c1-12-9-15(11-22-16(12)10-21)23-17(25)19(7-2-8-19)24(18(23)26)14-5-3-13(20)4-6-14/h3-6,9,11H,2,7-8H2,1H3. The van der Waals surface area contributed by atoms with Crippen LogP contribution in [-0.2, 0) is 4.79 Å². The number of hydrogen-bond acceptors (Lipinski definition) is 4. The number of hydrogen-bond donors (Lipinski definition) is 0. The Kier molecular flexibility index (Phi) is 4.05. The van der Waals surface area contributed by atoms with E-state index in [0.717, 1.165) is 35.0 Å². The predicted molar refractivity (Wildman–Crippen MR) is 107 cm³/mol. The molecule has 1 saturated carbocycles. The maximum Gasteiger partial charge on any atom is 0.259 e. The molecule has 1 aliphatic heterocycles. The first-order valence-electron chi connectivity index (χ1n) is 8.29. The molecule has 0 bridgehead atoms. The summed E-state index contributed by atoms with van der Waals surface area (Å²) in [5.41, 5.74) is 2.00. The Morgan fingerprint density at radius 3 is 2.50 bits per heavy atom. The number of halogens is 1. The number of amides is 1. The van der Waals surface area contributed by atoms with E-state index < -0.39 is 5.54 Å². The van der Waals surface area contributed by atoms with Crippen LogP contribution in [0.3, 0.4) is 0 Å². The summed E-state index contributed by atoms with van der Waals surface area (Å²) in [5, 5.41) is 9.55. The van der Waals surface area contributed by atoms with E-state index in [0.29, 0.717) is 16.5 Å². The Morgan fingerprint density at radius 1 is 1.27 bits per heavy atom. The van der Waals surface area contributed by atoms with Crippen molar-refractivity contribution in [1.29, 1.82) is 5.26 Å². The van der Waals surface area contributed by atoms with E-state index in [1.54, 1.807) is 17.2 Å². The fourth-order valence-electron chi connectivity index (χ4n) is 3.60. The van der Waals surface area contributed by atoms with Gasteiger partial charge in [-0.1, -0.05) is 15.9 Å². The molecular weight excluding hydrogens is 412 g/mol. The van der Waals surface area contributed by atoms with Gasteiger partial charge in [0.25, 0.3) is 5.91 Å². The molecule has 7 heteroatoms. The predicted octanol–water partition coefficient (Wildman–Crippen LogP) is 4.09. The molecule has 1 amide bonds. The molecule has 2 fully saturated rings. The first kappa shape index (κ1) is 17.1. The van der Waals surface area contributed by atoms with Crippen LogP contribution in [0.2, 0.25) is 0 Å². The summed E-state index contributed by atoms with van der Waals surface area (Å²) in [4.78, 5) is 21.1. The number of anilines is 2. The molecule has 130 valence electrons. The zero-order valence-corrected chi connectivity index (χ0v) is 16.5. The molecule has 1 aromatic heterocycles. The lowest BCUT2D eigenvalue weighted by Crippen LogP contribution is -2.55. The number of carbonyl (C=O) groups is 1. The zero-order chi connectivity index (χ0) is 18.5. The first-order valence-corrected chi connectivity index (χ1v) is 9.49. The third-order valence-corrected chi connectivity index (χ3v) is 6.00. The largest absolute Gasteiger partial charge is 0.303 e. The summed E-state index contributed by atoms with van der Waals surface area (Å²) in [6, 6.07) is 11.7. The Morgan fingerprint density at radius 2 is 1.96 bits per heavy atom. The van der Waals surface area contributed by atoms with Crippen LogP contribution in [-0.4, -0.2) is 21.5 Å². The highest BCUT2D eigenvalue weighted by Crippen LogP contribution is 2.47. The summed E-state index contributed by atoms with van der Waals surface area (Å²) in [6.45, 7) is 1.81. The van der Waals surface area contributed by atoms with Crippen molar-refractivity contribution in [3.05, 3.63) is 52.3 Å². The molecule has 0 N–H and O–H groups in total. The maximum absolute atomic E-state index is 13.3. The number of carbonyl (C=O) groups excluding carboxylic acids is 1. The normalized spacial score (nSPS) is 18.2. The smallest absolute Gasteiger partial charge is 0.259 e. The van der Waals surface area contributed by atoms with Gasteiger partial charge in [-0.2, -0.15) is 5.26 Å². The number of rotatable bonds is 2. The summed E-state index contributed by atoms with van der Waals surface area (Å²) >= 11 is 9.16. The minimum Gasteiger partial charge on any atom is -0.303 e. The number of nitriles is 1. The quantitative estimate of drug-likeness (QED) is 0.676. The van der Waals surface area contributed by atoms with E-state index in [1.165, 1.54) is 0 Å². The van der Waals surface area contributed by atoms with Crippen molar-refractivity contribution in [2.75, 3.05) is 9.80 Å². The van der Waals surface area contributed by atoms with Gasteiger partial charge in [-0.05, 0) is 74.3 Å². The molecule has 1 spiro atoms. The minimum atomic E-state index is -0.604. The highest BCUT2D eigenvalue weighted by atomic mass is 79.9. The van der Waals surface area contributed by atoms with Crippen LogP contribution in [0.4, 0.5) is 11.4 Å². The number of benzene rings is 1. The van der Waals surface area contributed by atoms with Gasteiger partial charge in [0.2, 0.25) is 0 Å². The van der Waals surface area contributed by atoms with Gasteiger partial charge in [-0.3, -0.25) is 9.69 Å². The maximum atomic E-state index is 13.3. The molecule has 2 aliphatic rings. The van der Waals surface area contributed by atoms with E-state index in [1.807, 2.05) is 36.1 Å². The fraction of sp³-hybridized carbons (Fsp3) is 0.263. The molecule has 0 atom stereocenters. The monoisotopic (exact) mass is 426 g/mol. The lowest BCUT2D eigenvalue weighted by Gasteiger charge is -2.43. The summed E-state index contributed by atoms with van der Waals surface area (Å²) in [7, 11) is 0. The topological polar surface area (TPSA) is 60.2 Å². The Hall–Kier alpha value is -2.30. The lowest BCUT2D eigenvalue weighted by molar-refractivity contribution is -0.123. The Labute approximate surface area is 165 Å². The summed E-state index contributed by atoms with van der Waals surface area (Å²) in [5.74, 6) is -0.0115. The average Bonchev–Trinajstić information content (AvgIpc) is 2.83. The fourth-order valence-corrected chi connectivity index (χ4v) is 4.33. The third-order valence-electron chi connectivity index (χ3n) is 5.11. The lowest BCUT2D eigenvalue weighted by atomic mass is 9.75. The molecule has 5 nitrogen and oxygen atoms in total. The van der Waals surface area contributed by atoms with Gasteiger partial charge < -0.3 is 4.90 Å². The van der Waals surface area contributed by atoms with Crippen LogP contribution < -0.4 is 9.80 Å². The number of thiocarbonyl (C=S) groups is 1. The van der Waals surface area contributed by atoms with Gasteiger partial charge in [0.1, 0.15) is 17.3 Å². The van der Waals surface area contributed by atoms with Crippen LogP contribution in [0, 0.1) is 18.3 Å². The second-order valence-corrected chi connectivity index (χ2v) is 7.87. The van der Waals surface area contributed by atoms with E-state index >= 15 is 0 Å². The second kappa shape index (κ2) is 6.15. The molecule has 2 aromatic rings. The van der Waals surface area contributed by atoms with Gasteiger partial charge in [0, 0.05) is 10.2 Å². The van der Waals surface area contributed by atoms with E-state index in [4.69, 9.17) is 17.5 Å². The number of nitrogens with zero attached hydrogens (tertiary/aromatic N) is 4.